The van der Waals surface area contributed by atoms with Crippen molar-refractivity contribution in [3.05, 3.63) is 54.5 Å². The number of carbonyl (C=O) groups excluding carboxylic acids is 2. The van der Waals surface area contributed by atoms with E-state index in [0.29, 0.717) is 11.4 Å². The summed E-state index contributed by atoms with van der Waals surface area (Å²) in [5.74, 6) is -0.796. The number of rotatable bonds is 6. The van der Waals surface area contributed by atoms with Gasteiger partial charge in [-0.05, 0) is 42.5 Å². The molecule has 0 unspecified atom stereocenters. The largest absolute Gasteiger partial charge is 0.465 e. The van der Waals surface area contributed by atoms with Crippen molar-refractivity contribution in [2.24, 2.45) is 5.14 Å². The van der Waals surface area contributed by atoms with E-state index in [2.05, 4.69) is 5.32 Å². The highest BCUT2D eigenvalue weighted by Gasteiger charge is 2.09. The zero-order chi connectivity index (χ0) is 17.6. The molecule has 2 aromatic rings. The van der Waals surface area contributed by atoms with Crippen LogP contribution in [0.15, 0.2) is 58.1 Å². The van der Waals surface area contributed by atoms with E-state index in [-0.39, 0.29) is 4.90 Å². The highest BCUT2D eigenvalue weighted by atomic mass is 32.2. The van der Waals surface area contributed by atoms with Crippen LogP contribution in [0.2, 0.25) is 0 Å². The number of amides is 1. The number of esters is 1. The summed E-state index contributed by atoms with van der Waals surface area (Å²) >= 11 is 0. The third-order valence-corrected chi connectivity index (χ3v) is 3.67. The second-order valence-corrected chi connectivity index (χ2v) is 6.14. The number of nitrogens with two attached hydrogens (primary N) is 1. The summed E-state index contributed by atoms with van der Waals surface area (Å²) < 4.78 is 32.0. The summed E-state index contributed by atoms with van der Waals surface area (Å²) in [6.45, 7) is -0.488. The fourth-order valence-electron chi connectivity index (χ4n) is 1.65. The number of anilines is 1. The van der Waals surface area contributed by atoms with E-state index in [9.17, 15) is 18.0 Å². The first-order chi connectivity index (χ1) is 11.3. The van der Waals surface area contributed by atoms with Crippen molar-refractivity contribution in [2.45, 2.75) is 4.90 Å². The molecular weight excluding hydrogens is 336 g/mol. The quantitative estimate of drug-likeness (QED) is 0.593. The molecule has 0 bridgehead atoms. The Hall–Kier alpha value is -2.91. The standard InChI is InChI=1S/C15H14N2O6S/c16-24(20,21)13-6-3-11(4-7-13)17-14(18)10-23-15(19)8-5-12-2-1-9-22-12/h1-9H,10H2,(H,17,18)(H2,16,20,21). The summed E-state index contributed by atoms with van der Waals surface area (Å²) in [6, 6.07) is 8.57. The van der Waals surface area contributed by atoms with E-state index >= 15 is 0 Å². The van der Waals surface area contributed by atoms with Gasteiger partial charge in [-0.25, -0.2) is 18.4 Å². The number of sulfonamides is 1. The summed E-state index contributed by atoms with van der Waals surface area (Å²) in [7, 11) is -3.79. The number of benzene rings is 1. The molecule has 1 heterocycles. The predicted octanol–water partition coefficient (Wildman–Crippen LogP) is 1.12. The summed E-state index contributed by atoms with van der Waals surface area (Å²) in [5, 5.41) is 7.42. The van der Waals surface area contributed by atoms with Crippen LogP contribution in [0, 0.1) is 0 Å². The second kappa shape index (κ2) is 7.57. The molecule has 3 N–H and O–H groups in total. The van der Waals surface area contributed by atoms with Gasteiger partial charge in [-0.2, -0.15) is 0 Å². The van der Waals surface area contributed by atoms with Gasteiger partial charge in [0.1, 0.15) is 5.76 Å². The molecule has 0 saturated carbocycles. The Morgan fingerprint density at radius 3 is 2.50 bits per heavy atom. The third kappa shape index (κ3) is 5.38. The van der Waals surface area contributed by atoms with Crippen molar-refractivity contribution in [3.8, 4) is 0 Å². The van der Waals surface area contributed by atoms with Crippen LogP contribution >= 0.6 is 0 Å². The van der Waals surface area contributed by atoms with Gasteiger partial charge in [-0.15, -0.1) is 0 Å². The predicted molar refractivity (Wildman–Crippen MR) is 85.1 cm³/mol. The van der Waals surface area contributed by atoms with Crippen LogP contribution in [0.3, 0.4) is 0 Å². The van der Waals surface area contributed by atoms with Crippen LogP contribution in [0.4, 0.5) is 5.69 Å². The van der Waals surface area contributed by atoms with Crippen molar-refractivity contribution in [2.75, 3.05) is 11.9 Å². The van der Waals surface area contributed by atoms with Gasteiger partial charge >= 0.3 is 5.97 Å². The highest BCUT2D eigenvalue weighted by Crippen LogP contribution is 2.12. The van der Waals surface area contributed by atoms with E-state index in [1.165, 1.54) is 36.6 Å². The lowest BCUT2D eigenvalue weighted by Crippen LogP contribution is -2.20. The lowest BCUT2D eigenvalue weighted by atomic mass is 10.3. The lowest BCUT2D eigenvalue weighted by Gasteiger charge is -2.06. The molecule has 8 nitrogen and oxygen atoms in total. The number of ether oxygens (including phenoxy) is 1. The highest BCUT2D eigenvalue weighted by molar-refractivity contribution is 7.89. The van der Waals surface area contributed by atoms with Crippen LogP contribution in [-0.4, -0.2) is 26.9 Å². The number of carbonyl (C=O) groups is 2. The number of nitrogens with one attached hydrogen (secondary N) is 1. The first-order valence-corrected chi connectivity index (χ1v) is 8.20. The maximum Gasteiger partial charge on any atom is 0.331 e. The fourth-order valence-corrected chi connectivity index (χ4v) is 2.16. The first-order valence-electron chi connectivity index (χ1n) is 6.65. The molecule has 1 aromatic carbocycles. The van der Waals surface area contributed by atoms with E-state index in [4.69, 9.17) is 14.3 Å². The normalized spacial score (nSPS) is 11.4. The maximum atomic E-state index is 11.7. The molecule has 2 rings (SSSR count). The van der Waals surface area contributed by atoms with E-state index in [1.54, 1.807) is 12.1 Å². The smallest absolute Gasteiger partial charge is 0.331 e. The van der Waals surface area contributed by atoms with Crippen molar-refractivity contribution < 1.29 is 27.2 Å². The molecule has 126 valence electrons. The van der Waals surface area contributed by atoms with Crippen molar-refractivity contribution in [1.29, 1.82) is 0 Å². The Morgan fingerprint density at radius 2 is 1.92 bits per heavy atom. The molecule has 0 aliphatic rings. The fraction of sp³-hybridized carbons (Fsp3) is 0.0667. The minimum atomic E-state index is -3.79. The van der Waals surface area contributed by atoms with Crippen LogP contribution in [0.5, 0.6) is 0 Å². The van der Waals surface area contributed by atoms with E-state index < -0.39 is 28.5 Å². The second-order valence-electron chi connectivity index (χ2n) is 4.57. The molecule has 0 atom stereocenters. The molecule has 1 aromatic heterocycles. The van der Waals surface area contributed by atoms with Crippen LogP contribution < -0.4 is 10.5 Å². The lowest BCUT2D eigenvalue weighted by molar-refractivity contribution is -0.142. The van der Waals surface area contributed by atoms with Gasteiger partial charge in [0.25, 0.3) is 5.91 Å². The molecule has 0 aliphatic carbocycles. The Kier molecular flexibility index (Phi) is 5.51. The number of hydrogen-bond donors (Lipinski definition) is 2. The number of hydrogen-bond acceptors (Lipinski definition) is 6. The van der Waals surface area contributed by atoms with Crippen LogP contribution in [0.25, 0.3) is 6.08 Å². The zero-order valence-electron chi connectivity index (χ0n) is 12.3. The SMILES string of the molecule is NS(=O)(=O)c1ccc(NC(=O)COC(=O)C=Cc2ccco2)cc1. The van der Waals surface area contributed by atoms with Gasteiger partial charge in [0.2, 0.25) is 10.0 Å². The molecule has 0 spiro atoms. The summed E-state index contributed by atoms with van der Waals surface area (Å²) in [6.07, 6.45) is 4.00. The third-order valence-electron chi connectivity index (χ3n) is 2.74. The molecule has 0 fully saturated rings. The van der Waals surface area contributed by atoms with Crippen molar-refractivity contribution in [3.63, 3.8) is 0 Å². The van der Waals surface area contributed by atoms with Gasteiger partial charge in [-0.1, -0.05) is 0 Å². The number of primary sulfonamides is 1. The van der Waals surface area contributed by atoms with Gasteiger partial charge in [-0.3, -0.25) is 4.79 Å². The minimum Gasteiger partial charge on any atom is -0.465 e. The van der Waals surface area contributed by atoms with E-state index in [0.717, 1.165) is 6.08 Å². The minimum absolute atomic E-state index is 0.0741. The average Bonchev–Trinajstić information content (AvgIpc) is 3.04. The molecule has 9 heteroatoms. The summed E-state index contributed by atoms with van der Waals surface area (Å²) in [4.78, 5) is 23.0. The monoisotopic (exact) mass is 350 g/mol. The Labute approximate surface area is 138 Å². The van der Waals surface area contributed by atoms with Gasteiger partial charge in [0.15, 0.2) is 6.61 Å². The number of furan rings is 1. The van der Waals surface area contributed by atoms with Crippen LogP contribution in [-0.2, 0) is 24.3 Å². The molecule has 1 amide bonds. The average molecular weight is 350 g/mol. The van der Waals surface area contributed by atoms with Gasteiger partial charge in [0.05, 0.1) is 11.2 Å². The van der Waals surface area contributed by atoms with Crippen molar-refractivity contribution in [1.82, 2.24) is 0 Å². The maximum absolute atomic E-state index is 11.7. The van der Waals surface area contributed by atoms with E-state index in [1.807, 2.05) is 0 Å². The van der Waals surface area contributed by atoms with Gasteiger partial charge < -0.3 is 14.5 Å². The van der Waals surface area contributed by atoms with Crippen LogP contribution in [0.1, 0.15) is 5.76 Å². The Bertz CT molecular complexity index is 839. The first kappa shape index (κ1) is 17.4. The molecule has 24 heavy (non-hydrogen) atoms. The molecular formula is C15H14N2O6S. The Balaban J connectivity index is 1.81. The molecule has 0 saturated heterocycles. The Morgan fingerprint density at radius 1 is 1.21 bits per heavy atom. The van der Waals surface area contributed by atoms with Crippen molar-refractivity contribution >= 4 is 33.7 Å². The molecule has 0 aliphatic heterocycles. The summed E-state index contributed by atoms with van der Waals surface area (Å²) in [5.41, 5.74) is 0.342. The van der Waals surface area contributed by atoms with Gasteiger partial charge in [0, 0.05) is 11.8 Å². The molecule has 0 radical (unpaired) electrons. The zero-order valence-corrected chi connectivity index (χ0v) is 13.2. The topological polar surface area (TPSA) is 129 Å².